The molecule has 0 radical (unpaired) electrons. The zero-order chi connectivity index (χ0) is 27.6. The molecule has 0 N–H and O–H groups in total. The van der Waals surface area contributed by atoms with Crippen molar-refractivity contribution in [3.8, 4) is 0 Å². The van der Waals surface area contributed by atoms with E-state index in [9.17, 15) is 0 Å². The molecule has 1 aromatic heterocycles. The molecule has 0 atom stereocenters. The molecular formula is C40H25NO. The van der Waals surface area contributed by atoms with Gasteiger partial charge in [-0.25, -0.2) is 0 Å². The van der Waals surface area contributed by atoms with Crippen LogP contribution < -0.4 is 4.90 Å². The average Bonchev–Trinajstić information content (AvgIpc) is 3.41. The van der Waals surface area contributed by atoms with Gasteiger partial charge in [-0.1, -0.05) is 97.1 Å². The van der Waals surface area contributed by atoms with Crippen LogP contribution in [0, 0.1) is 0 Å². The summed E-state index contributed by atoms with van der Waals surface area (Å²) in [6, 6.07) is 54.5. The fraction of sp³-hybridized carbons (Fsp3) is 0. The lowest BCUT2D eigenvalue weighted by Crippen LogP contribution is -2.09. The highest BCUT2D eigenvalue weighted by Gasteiger charge is 2.16. The van der Waals surface area contributed by atoms with Gasteiger partial charge in [0.15, 0.2) is 0 Å². The summed E-state index contributed by atoms with van der Waals surface area (Å²) < 4.78 is 6.20. The van der Waals surface area contributed by atoms with E-state index in [4.69, 9.17) is 4.42 Å². The lowest BCUT2D eigenvalue weighted by molar-refractivity contribution is 0.669. The molecule has 196 valence electrons. The van der Waals surface area contributed by atoms with Gasteiger partial charge in [-0.2, -0.15) is 0 Å². The molecule has 1 heterocycles. The molecule has 0 aliphatic carbocycles. The highest BCUT2D eigenvalue weighted by Crippen LogP contribution is 2.41. The van der Waals surface area contributed by atoms with Gasteiger partial charge < -0.3 is 9.32 Å². The number of fused-ring (bicyclic) bond motifs is 9. The van der Waals surface area contributed by atoms with Crippen molar-refractivity contribution in [1.82, 2.24) is 0 Å². The summed E-state index contributed by atoms with van der Waals surface area (Å²) in [4.78, 5) is 2.36. The van der Waals surface area contributed by atoms with Crippen molar-refractivity contribution >= 4 is 82.1 Å². The van der Waals surface area contributed by atoms with E-state index in [2.05, 4.69) is 144 Å². The predicted octanol–water partition coefficient (Wildman–Crippen LogP) is 11.7. The van der Waals surface area contributed by atoms with Gasteiger partial charge in [0.05, 0.1) is 0 Å². The Morgan fingerprint density at radius 1 is 0.310 bits per heavy atom. The molecule has 0 unspecified atom stereocenters. The van der Waals surface area contributed by atoms with Gasteiger partial charge in [0, 0.05) is 27.8 Å². The summed E-state index contributed by atoms with van der Waals surface area (Å²) in [5, 5.41) is 12.2. The second-order valence-corrected chi connectivity index (χ2v) is 11.0. The topological polar surface area (TPSA) is 16.4 Å². The maximum atomic E-state index is 6.20. The Bertz CT molecular complexity index is 2470. The molecule has 0 aliphatic rings. The van der Waals surface area contributed by atoms with E-state index in [0.29, 0.717) is 0 Å². The summed E-state index contributed by atoms with van der Waals surface area (Å²) in [6.07, 6.45) is 0. The fourth-order valence-electron chi connectivity index (χ4n) is 6.56. The van der Waals surface area contributed by atoms with Gasteiger partial charge in [0.25, 0.3) is 0 Å². The summed E-state index contributed by atoms with van der Waals surface area (Å²) in [6.45, 7) is 0. The molecule has 2 heteroatoms. The van der Waals surface area contributed by atoms with Crippen LogP contribution in [-0.2, 0) is 0 Å². The van der Waals surface area contributed by atoms with Crippen molar-refractivity contribution < 1.29 is 4.42 Å². The third-order valence-corrected chi connectivity index (χ3v) is 8.58. The summed E-state index contributed by atoms with van der Waals surface area (Å²) in [7, 11) is 0. The first kappa shape index (κ1) is 23.1. The van der Waals surface area contributed by atoms with Gasteiger partial charge in [-0.05, 0) is 97.7 Å². The Balaban J connectivity index is 1.28. The molecule has 0 saturated heterocycles. The molecule has 0 spiro atoms. The van der Waals surface area contributed by atoms with E-state index >= 15 is 0 Å². The number of hydrogen-bond donors (Lipinski definition) is 0. The van der Waals surface area contributed by atoms with E-state index in [0.717, 1.165) is 39.0 Å². The lowest BCUT2D eigenvalue weighted by Gasteiger charge is -2.26. The molecule has 0 amide bonds. The highest BCUT2D eigenvalue weighted by molar-refractivity contribution is 6.17. The molecule has 42 heavy (non-hydrogen) atoms. The maximum Gasteiger partial charge on any atom is 0.136 e. The summed E-state index contributed by atoms with van der Waals surface area (Å²) in [5.74, 6) is 0. The van der Waals surface area contributed by atoms with E-state index < -0.39 is 0 Å². The zero-order valence-corrected chi connectivity index (χ0v) is 22.8. The molecule has 0 saturated carbocycles. The minimum absolute atomic E-state index is 0.923. The molecule has 9 rings (SSSR count). The fourth-order valence-corrected chi connectivity index (χ4v) is 6.56. The van der Waals surface area contributed by atoms with Crippen LogP contribution in [0.1, 0.15) is 0 Å². The van der Waals surface area contributed by atoms with E-state index in [1.54, 1.807) is 0 Å². The predicted molar refractivity (Wildman–Crippen MR) is 178 cm³/mol. The van der Waals surface area contributed by atoms with Crippen LogP contribution in [0.15, 0.2) is 156 Å². The van der Waals surface area contributed by atoms with Crippen molar-refractivity contribution in [3.05, 3.63) is 152 Å². The number of para-hydroxylation sites is 2. The van der Waals surface area contributed by atoms with Crippen LogP contribution in [0.2, 0.25) is 0 Å². The first-order chi connectivity index (χ1) is 20.8. The van der Waals surface area contributed by atoms with Gasteiger partial charge in [-0.15, -0.1) is 0 Å². The number of furan rings is 1. The first-order valence-corrected chi connectivity index (χ1v) is 14.3. The monoisotopic (exact) mass is 535 g/mol. The second kappa shape index (κ2) is 8.95. The largest absolute Gasteiger partial charge is 0.456 e. The van der Waals surface area contributed by atoms with Gasteiger partial charge in [0.2, 0.25) is 0 Å². The van der Waals surface area contributed by atoms with E-state index in [-0.39, 0.29) is 0 Å². The SMILES string of the molecule is c1ccc(N(c2ccc3c(ccc4ccccc43)c2)c2ccc3ccc4cc5oc6ccccc6c5cc4c3c2)cc1. The Hall–Kier alpha value is -5.60. The molecule has 0 bridgehead atoms. The standard InChI is InChI=1S/C40H25NO/c1-2-9-30(10-3-1)41(31-20-21-34-28(22-31)16-14-26-8-4-5-11-33(26)34)32-19-18-27-15-17-29-23-40-38(25-37(29)36(27)24-32)35-12-6-7-13-39(35)42-40/h1-25H. The maximum absolute atomic E-state index is 6.20. The third kappa shape index (κ3) is 3.52. The molecular weight excluding hydrogens is 510 g/mol. The number of rotatable bonds is 3. The molecule has 2 nitrogen and oxygen atoms in total. The van der Waals surface area contributed by atoms with Crippen LogP contribution in [-0.4, -0.2) is 0 Å². The number of anilines is 3. The van der Waals surface area contributed by atoms with Gasteiger partial charge >= 0.3 is 0 Å². The lowest BCUT2D eigenvalue weighted by atomic mass is 9.98. The van der Waals surface area contributed by atoms with Crippen molar-refractivity contribution in [2.45, 2.75) is 0 Å². The summed E-state index contributed by atoms with van der Waals surface area (Å²) in [5.41, 5.74) is 5.23. The number of hydrogen-bond acceptors (Lipinski definition) is 2. The first-order valence-electron chi connectivity index (χ1n) is 14.3. The molecule has 0 fully saturated rings. The Morgan fingerprint density at radius 3 is 1.79 bits per heavy atom. The summed E-state index contributed by atoms with van der Waals surface area (Å²) >= 11 is 0. The van der Waals surface area contributed by atoms with Crippen LogP contribution in [0.5, 0.6) is 0 Å². The van der Waals surface area contributed by atoms with Crippen molar-refractivity contribution in [1.29, 1.82) is 0 Å². The van der Waals surface area contributed by atoms with Crippen molar-refractivity contribution in [2.24, 2.45) is 0 Å². The average molecular weight is 536 g/mol. The minimum atomic E-state index is 0.923. The smallest absolute Gasteiger partial charge is 0.136 e. The Labute approximate surface area is 242 Å². The van der Waals surface area contributed by atoms with Crippen molar-refractivity contribution in [2.75, 3.05) is 4.90 Å². The quantitative estimate of drug-likeness (QED) is 0.209. The normalized spacial score (nSPS) is 11.8. The second-order valence-electron chi connectivity index (χ2n) is 11.0. The van der Waals surface area contributed by atoms with Crippen LogP contribution in [0.25, 0.3) is 65.0 Å². The van der Waals surface area contributed by atoms with Crippen LogP contribution in [0.4, 0.5) is 17.1 Å². The van der Waals surface area contributed by atoms with Gasteiger partial charge in [-0.3, -0.25) is 0 Å². The van der Waals surface area contributed by atoms with E-state index in [1.165, 1.54) is 43.1 Å². The van der Waals surface area contributed by atoms with Crippen LogP contribution in [0.3, 0.4) is 0 Å². The molecule has 8 aromatic carbocycles. The Morgan fingerprint density at radius 2 is 0.905 bits per heavy atom. The molecule has 9 aromatic rings. The zero-order valence-electron chi connectivity index (χ0n) is 22.8. The number of benzene rings is 8. The Kier molecular flexibility index (Phi) is 4.93. The van der Waals surface area contributed by atoms with Gasteiger partial charge in [0.1, 0.15) is 11.2 Å². The van der Waals surface area contributed by atoms with E-state index in [1.807, 2.05) is 12.1 Å². The highest BCUT2D eigenvalue weighted by atomic mass is 16.3. The van der Waals surface area contributed by atoms with Crippen molar-refractivity contribution in [3.63, 3.8) is 0 Å². The molecule has 0 aliphatic heterocycles. The third-order valence-electron chi connectivity index (χ3n) is 8.58. The minimum Gasteiger partial charge on any atom is -0.456 e. The number of nitrogens with zero attached hydrogens (tertiary/aromatic N) is 1. The van der Waals surface area contributed by atoms with Crippen LogP contribution >= 0.6 is 0 Å².